The number of nitrogens with zero attached hydrogens (tertiary/aromatic N) is 2. The summed E-state index contributed by atoms with van der Waals surface area (Å²) in [6.45, 7) is 2.40. The SMILES string of the molecule is CCOc1ccc(-n2c(=O)c(C(=O)O)nc3c(Cl)cccc32)cc1. The highest BCUT2D eigenvalue weighted by atomic mass is 35.5. The highest BCUT2D eigenvalue weighted by Crippen LogP contribution is 2.23. The van der Waals surface area contributed by atoms with Crippen molar-refractivity contribution in [3.8, 4) is 11.4 Å². The van der Waals surface area contributed by atoms with Gasteiger partial charge in [-0.15, -0.1) is 0 Å². The fourth-order valence-corrected chi connectivity index (χ4v) is 2.64. The van der Waals surface area contributed by atoms with Gasteiger partial charge in [-0.2, -0.15) is 0 Å². The first-order chi connectivity index (χ1) is 11.5. The van der Waals surface area contributed by atoms with Gasteiger partial charge in [-0.1, -0.05) is 17.7 Å². The average molecular weight is 345 g/mol. The maximum absolute atomic E-state index is 12.6. The molecule has 122 valence electrons. The Morgan fingerprint density at radius 2 is 1.96 bits per heavy atom. The van der Waals surface area contributed by atoms with Gasteiger partial charge in [0.25, 0.3) is 5.56 Å². The number of carboxylic acid groups (broad SMARTS) is 1. The Hall–Kier alpha value is -2.86. The Morgan fingerprint density at radius 1 is 1.25 bits per heavy atom. The fourth-order valence-electron chi connectivity index (χ4n) is 2.42. The standard InChI is InChI=1S/C17H13ClN2O4/c1-2-24-11-8-6-10(7-9-11)20-13-5-3-4-12(18)14(13)19-15(16(20)21)17(22)23/h3-9H,2H2,1H3,(H,22,23). The lowest BCUT2D eigenvalue weighted by Gasteiger charge is -2.12. The normalized spacial score (nSPS) is 10.8. The van der Waals surface area contributed by atoms with Crippen molar-refractivity contribution in [1.82, 2.24) is 9.55 Å². The number of aromatic nitrogens is 2. The highest BCUT2D eigenvalue weighted by molar-refractivity contribution is 6.34. The smallest absolute Gasteiger partial charge is 0.360 e. The van der Waals surface area contributed by atoms with E-state index < -0.39 is 17.2 Å². The van der Waals surface area contributed by atoms with E-state index in [1.807, 2.05) is 6.92 Å². The molecule has 0 aliphatic carbocycles. The number of aromatic carboxylic acids is 1. The minimum Gasteiger partial charge on any atom is -0.494 e. The third kappa shape index (κ3) is 2.72. The second-order valence-electron chi connectivity index (χ2n) is 4.94. The van der Waals surface area contributed by atoms with Crippen molar-refractivity contribution in [2.24, 2.45) is 0 Å². The van der Waals surface area contributed by atoms with Crippen LogP contribution in [0, 0.1) is 0 Å². The third-order valence-electron chi connectivity index (χ3n) is 3.44. The predicted molar refractivity (Wildman–Crippen MR) is 90.5 cm³/mol. The Bertz CT molecular complexity index is 980. The Morgan fingerprint density at radius 3 is 2.58 bits per heavy atom. The van der Waals surface area contributed by atoms with Crippen LogP contribution in [-0.2, 0) is 0 Å². The Kier molecular flexibility index (Phi) is 4.22. The van der Waals surface area contributed by atoms with Crippen LogP contribution in [0.2, 0.25) is 5.02 Å². The van der Waals surface area contributed by atoms with Crippen molar-refractivity contribution in [3.05, 3.63) is 63.5 Å². The quantitative estimate of drug-likeness (QED) is 0.786. The molecule has 24 heavy (non-hydrogen) atoms. The minimum absolute atomic E-state index is 0.255. The predicted octanol–water partition coefficient (Wildman–Crippen LogP) is 3.14. The van der Waals surface area contributed by atoms with E-state index in [0.717, 1.165) is 0 Å². The molecule has 1 N–H and O–H groups in total. The summed E-state index contributed by atoms with van der Waals surface area (Å²) in [6.07, 6.45) is 0. The summed E-state index contributed by atoms with van der Waals surface area (Å²) in [7, 11) is 0. The van der Waals surface area contributed by atoms with Gasteiger partial charge in [0.15, 0.2) is 0 Å². The number of halogens is 1. The second-order valence-corrected chi connectivity index (χ2v) is 5.35. The van der Waals surface area contributed by atoms with Gasteiger partial charge in [0.1, 0.15) is 11.3 Å². The molecule has 0 fully saturated rings. The van der Waals surface area contributed by atoms with Crippen molar-refractivity contribution in [1.29, 1.82) is 0 Å². The molecule has 0 amide bonds. The second kappa shape index (κ2) is 6.33. The van der Waals surface area contributed by atoms with Gasteiger partial charge in [0.05, 0.1) is 17.1 Å². The molecule has 6 nitrogen and oxygen atoms in total. The number of para-hydroxylation sites is 1. The van der Waals surface area contributed by atoms with Crippen molar-refractivity contribution < 1.29 is 14.6 Å². The van der Waals surface area contributed by atoms with Gasteiger partial charge in [-0.3, -0.25) is 9.36 Å². The number of hydrogen-bond donors (Lipinski definition) is 1. The summed E-state index contributed by atoms with van der Waals surface area (Å²) in [6, 6.07) is 11.7. The molecule has 0 aliphatic rings. The number of carbonyl (C=O) groups is 1. The largest absolute Gasteiger partial charge is 0.494 e. The van der Waals surface area contributed by atoms with Crippen LogP contribution in [0.5, 0.6) is 5.75 Å². The first kappa shape index (κ1) is 16.0. The number of benzene rings is 2. The van der Waals surface area contributed by atoms with Crippen LogP contribution in [0.4, 0.5) is 0 Å². The topological polar surface area (TPSA) is 81.4 Å². The molecule has 1 heterocycles. The molecule has 7 heteroatoms. The van der Waals surface area contributed by atoms with Gasteiger partial charge in [-0.25, -0.2) is 9.78 Å². The van der Waals surface area contributed by atoms with Crippen LogP contribution in [0.15, 0.2) is 47.3 Å². The van der Waals surface area contributed by atoms with Crippen LogP contribution in [0.3, 0.4) is 0 Å². The monoisotopic (exact) mass is 344 g/mol. The van der Waals surface area contributed by atoms with E-state index in [1.54, 1.807) is 42.5 Å². The van der Waals surface area contributed by atoms with E-state index in [4.69, 9.17) is 16.3 Å². The molecular weight excluding hydrogens is 332 g/mol. The Labute approximate surface area is 141 Å². The van der Waals surface area contributed by atoms with Crippen LogP contribution >= 0.6 is 11.6 Å². The van der Waals surface area contributed by atoms with E-state index >= 15 is 0 Å². The number of carboxylic acids is 1. The van der Waals surface area contributed by atoms with Crippen LogP contribution in [0.1, 0.15) is 17.4 Å². The summed E-state index contributed by atoms with van der Waals surface area (Å²) < 4.78 is 6.67. The minimum atomic E-state index is -1.40. The van der Waals surface area contributed by atoms with E-state index in [1.165, 1.54) is 4.57 Å². The van der Waals surface area contributed by atoms with Crippen molar-refractivity contribution >= 4 is 28.6 Å². The molecule has 2 aromatic carbocycles. The van der Waals surface area contributed by atoms with Crippen molar-refractivity contribution in [3.63, 3.8) is 0 Å². The molecule has 3 rings (SSSR count). The van der Waals surface area contributed by atoms with E-state index in [0.29, 0.717) is 23.6 Å². The van der Waals surface area contributed by atoms with Crippen LogP contribution < -0.4 is 10.3 Å². The van der Waals surface area contributed by atoms with E-state index in [2.05, 4.69) is 4.98 Å². The number of ether oxygens (including phenoxy) is 1. The van der Waals surface area contributed by atoms with Crippen LogP contribution in [-0.4, -0.2) is 27.2 Å². The molecule has 0 radical (unpaired) electrons. The zero-order valence-corrected chi connectivity index (χ0v) is 13.4. The molecule has 0 saturated carbocycles. The lowest BCUT2D eigenvalue weighted by atomic mass is 10.2. The summed E-state index contributed by atoms with van der Waals surface area (Å²) >= 11 is 6.12. The highest BCUT2D eigenvalue weighted by Gasteiger charge is 2.18. The molecule has 0 spiro atoms. The van der Waals surface area contributed by atoms with Gasteiger partial charge >= 0.3 is 5.97 Å². The number of hydrogen-bond acceptors (Lipinski definition) is 4. The zero-order chi connectivity index (χ0) is 17.3. The van der Waals surface area contributed by atoms with Gasteiger partial charge in [-0.05, 0) is 43.3 Å². The molecular formula is C17H13ClN2O4. The third-order valence-corrected chi connectivity index (χ3v) is 3.75. The first-order valence-corrected chi connectivity index (χ1v) is 7.58. The fraction of sp³-hybridized carbons (Fsp3) is 0.118. The molecule has 0 aliphatic heterocycles. The summed E-state index contributed by atoms with van der Waals surface area (Å²) in [4.78, 5) is 27.9. The van der Waals surface area contributed by atoms with Gasteiger partial charge in [0.2, 0.25) is 5.69 Å². The van der Waals surface area contributed by atoms with E-state index in [-0.39, 0.29) is 10.5 Å². The van der Waals surface area contributed by atoms with Crippen molar-refractivity contribution in [2.45, 2.75) is 6.92 Å². The number of fused-ring (bicyclic) bond motifs is 1. The average Bonchev–Trinajstić information content (AvgIpc) is 2.56. The summed E-state index contributed by atoms with van der Waals surface area (Å²) in [5, 5.41) is 9.54. The molecule has 0 saturated heterocycles. The molecule has 1 aromatic heterocycles. The lowest BCUT2D eigenvalue weighted by molar-refractivity contribution is 0.0688. The van der Waals surface area contributed by atoms with Crippen LogP contribution in [0.25, 0.3) is 16.7 Å². The molecule has 0 unspecified atom stereocenters. The maximum Gasteiger partial charge on any atom is 0.360 e. The summed E-state index contributed by atoms with van der Waals surface area (Å²) in [5.74, 6) is -0.745. The Balaban J connectivity index is 2.33. The lowest BCUT2D eigenvalue weighted by Crippen LogP contribution is -2.27. The zero-order valence-electron chi connectivity index (χ0n) is 12.7. The molecule has 0 atom stereocenters. The first-order valence-electron chi connectivity index (χ1n) is 7.20. The van der Waals surface area contributed by atoms with Gasteiger partial charge in [0, 0.05) is 5.69 Å². The maximum atomic E-state index is 12.6. The molecule has 0 bridgehead atoms. The molecule has 3 aromatic rings. The van der Waals surface area contributed by atoms with Gasteiger partial charge < -0.3 is 9.84 Å². The summed E-state index contributed by atoms with van der Waals surface area (Å²) in [5.41, 5.74) is -0.113. The van der Waals surface area contributed by atoms with E-state index in [9.17, 15) is 14.7 Å². The van der Waals surface area contributed by atoms with Crippen molar-refractivity contribution in [2.75, 3.05) is 6.61 Å². The number of rotatable bonds is 4.